The lowest BCUT2D eigenvalue weighted by molar-refractivity contribution is 0.102. The van der Waals surface area contributed by atoms with Crippen molar-refractivity contribution in [2.45, 2.75) is 6.54 Å². The summed E-state index contributed by atoms with van der Waals surface area (Å²) >= 11 is 9.04. The molecule has 7 heteroatoms. The molecule has 1 heterocycles. The van der Waals surface area contributed by atoms with E-state index in [1.807, 2.05) is 18.3 Å². The van der Waals surface area contributed by atoms with Gasteiger partial charge in [-0.1, -0.05) is 23.7 Å². The van der Waals surface area contributed by atoms with Crippen molar-refractivity contribution < 1.29 is 9.18 Å². The molecule has 1 aromatic heterocycles. The van der Waals surface area contributed by atoms with E-state index in [0.717, 1.165) is 16.1 Å². The van der Waals surface area contributed by atoms with E-state index in [9.17, 15) is 9.18 Å². The molecule has 3 aromatic rings. The number of rotatable bonds is 4. The number of benzene rings is 2. The van der Waals surface area contributed by atoms with E-state index in [1.54, 1.807) is 23.0 Å². The van der Waals surface area contributed by atoms with Crippen molar-refractivity contribution in [2.75, 3.05) is 5.32 Å². The highest BCUT2D eigenvalue weighted by atomic mass is 79.9. The molecule has 122 valence electrons. The van der Waals surface area contributed by atoms with Crippen molar-refractivity contribution in [3.05, 3.63) is 81.3 Å². The molecule has 0 unspecified atom stereocenters. The molecule has 3 rings (SSSR count). The monoisotopic (exact) mass is 407 g/mol. The number of hydrogen-bond donors (Lipinski definition) is 1. The van der Waals surface area contributed by atoms with Crippen molar-refractivity contribution in [1.29, 1.82) is 0 Å². The molecule has 1 amide bonds. The van der Waals surface area contributed by atoms with Gasteiger partial charge in [-0.2, -0.15) is 5.10 Å². The molecular weight excluding hydrogens is 397 g/mol. The zero-order valence-corrected chi connectivity index (χ0v) is 14.7. The highest BCUT2D eigenvalue weighted by Crippen LogP contribution is 2.19. The largest absolute Gasteiger partial charge is 0.319 e. The number of carbonyl (C=O) groups is 1. The van der Waals surface area contributed by atoms with E-state index in [1.165, 1.54) is 12.1 Å². The third kappa shape index (κ3) is 4.01. The van der Waals surface area contributed by atoms with Crippen LogP contribution in [0.5, 0.6) is 0 Å². The molecule has 1 N–H and O–H groups in total. The minimum absolute atomic E-state index is 0.0925. The summed E-state index contributed by atoms with van der Waals surface area (Å²) in [5.74, 6) is -0.957. The van der Waals surface area contributed by atoms with E-state index in [2.05, 4.69) is 26.3 Å². The van der Waals surface area contributed by atoms with Gasteiger partial charge in [-0.05, 0) is 51.8 Å². The SMILES string of the molecule is O=C(Nc1ccc(Cl)cc1F)c1ccc(Cn2cc(Br)cn2)cc1. The van der Waals surface area contributed by atoms with Gasteiger partial charge >= 0.3 is 0 Å². The fourth-order valence-electron chi connectivity index (χ4n) is 2.16. The Morgan fingerprint density at radius 1 is 1.25 bits per heavy atom. The first-order chi connectivity index (χ1) is 11.5. The molecule has 0 spiro atoms. The van der Waals surface area contributed by atoms with Gasteiger partial charge in [0.1, 0.15) is 5.82 Å². The van der Waals surface area contributed by atoms with Crippen molar-refractivity contribution in [3.63, 3.8) is 0 Å². The summed E-state index contributed by atoms with van der Waals surface area (Å²) in [6, 6.07) is 11.2. The maximum absolute atomic E-state index is 13.7. The van der Waals surface area contributed by atoms with Gasteiger partial charge < -0.3 is 5.32 Å². The number of aromatic nitrogens is 2. The molecule has 0 aliphatic heterocycles. The standard InChI is InChI=1S/C17H12BrClFN3O/c18-13-8-21-23(10-13)9-11-1-3-12(4-2-11)17(24)22-16-6-5-14(19)7-15(16)20/h1-8,10H,9H2,(H,22,24). The van der Waals surface area contributed by atoms with Gasteiger partial charge in [-0.3, -0.25) is 9.48 Å². The van der Waals surface area contributed by atoms with Crippen LogP contribution in [0, 0.1) is 5.82 Å². The lowest BCUT2D eigenvalue weighted by atomic mass is 10.1. The molecule has 4 nitrogen and oxygen atoms in total. The van der Waals surface area contributed by atoms with Crippen LogP contribution >= 0.6 is 27.5 Å². The molecule has 0 atom stereocenters. The Bertz CT molecular complexity index is 880. The molecule has 0 saturated heterocycles. The van der Waals surface area contributed by atoms with Gasteiger partial charge in [0.2, 0.25) is 0 Å². The maximum atomic E-state index is 13.7. The minimum atomic E-state index is -0.572. The van der Waals surface area contributed by atoms with Crippen LogP contribution in [0.2, 0.25) is 5.02 Å². The average Bonchev–Trinajstić information content (AvgIpc) is 2.96. The Morgan fingerprint density at radius 2 is 2.00 bits per heavy atom. The normalized spacial score (nSPS) is 10.6. The highest BCUT2D eigenvalue weighted by Gasteiger charge is 2.10. The first-order valence-electron chi connectivity index (χ1n) is 7.04. The molecule has 0 bridgehead atoms. The molecular formula is C17H12BrClFN3O. The van der Waals surface area contributed by atoms with Crippen LogP contribution in [0.1, 0.15) is 15.9 Å². The van der Waals surface area contributed by atoms with E-state index in [-0.39, 0.29) is 16.6 Å². The summed E-state index contributed by atoms with van der Waals surface area (Å²) in [5, 5.41) is 6.99. The average molecular weight is 409 g/mol. The van der Waals surface area contributed by atoms with E-state index in [4.69, 9.17) is 11.6 Å². The molecule has 0 fully saturated rings. The number of amides is 1. The molecule has 0 aliphatic rings. The predicted molar refractivity (Wildman–Crippen MR) is 94.8 cm³/mol. The van der Waals surface area contributed by atoms with Crippen molar-refractivity contribution >= 4 is 39.1 Å². The van der Waals surface area contributed by atoms with Crippen molar-refractivity contribution in [1.82, 2.24) is 9.78 Å². The maximum Gasteiger partial charge on any atom is 0.255 e. The summed E-state index contributed by atoms with van der Waals surface area (Å²) < 4.78 is 16.4. The molecule has 24 heavy (non-hydrogen) atoms. The number of anilines is 1. The lowest BCUT2D eigenvalue weighted by Gasteiger charge is -2.08. The van der Waals surface area contributed by atoms with Gasteiger partial charge in [0.15, 0.2) is 0 Å². The van der Waals surface area contributed by atoms with Crippen LogP contribution in [0.3, 0.4) is 0 Å². The number of nitrogens with zero attached hydrogens (tertiary/aromatic N) is 2. The highest BCUT2D eigenvalue weighted by molar-refractivity contribution is 9.10. The number of hydrogen-bond acceptors (Lipinski definition) is 2. The van der Waals surface area contributed by atoms with Crippen LogP contribution in [-0.4, -0.2) is 15.7 Å². The zero-order chi connectivity index (χ0) is 17.1. The van der Waals surface area contributed by atoms with E-state index >= 15 is 0 Å². The van der Waals surface area contributed by atoms with Crippen LogP contribution < -0.4 is 5.32 Å². The molecule has 2 aromatic carbocycles. The van der Waals surface area contributed by atoms with Gasteiger partial charge in [-0.15, -0.1) is 0 Å². The first kappa shape index (κ1) is 16.7. The topological polar surface area (TPSA) is 46.9 Å². The van der Waals surface area contributed by atoms with Crippen molar-refractivity contribution in [2.24, 2.45) is 0 Å². The second kappa shape index (κ2) is 7.15. The Hall–Kier alpha value is -2.18. The number of nitrogens with one attached hydrogen (secondary N) is 1. The minimum Gasteiger partial charge on any atom is -0.319 e. The van der Waals surface area contributed by atoms with E-state index in [0.29, 0.717) is 12.1 Å². The quantitative estimate of drug-likeness (QED) is 0.678. The van der Waals surface area contributed by atoms with Crippen molar-refractivity contribution in [3.8, 4) is 0 Å². The van der Waals surface area contributed by atoms with Crippen LogP contribution in [0.15, 0.2) is 59.3 Å². The Kier molecular flexibility index (Phi) is 4.97. The number of carbonyl (C=O) groups excluding carboxylic acids is 1. The zero-order valence-electron chi connectivity index (χ0n) is 12.3. The Morgan fingerprint density at radius 3 is 2.62 bits per heavy atom. The summed E-state index contributed by atoms with van der Waals surface area (Å²) in [4.78, 5) is 12.2. The molecule has 0 radical (unpaired) electrons. The van der Waals surface area contributed by atoms with Gasteiger partial charge in [0.05, 0.1) is 22.9 Å². The second-order valence-corrected chi connectivity index (χ2v) is 6.48. The third-order valence-corrected chi connectivity index (χ3v) is 3.99. The van der Waals surface area contributed by atoms with Gasteiger partial charge in [0.25, 0.3) is 5.91 Å². The smallest absolute Gasteiger partial charge is 0.255 e. The number of halogens is 3. The van der Waals surface area contributed by atoms with Crippen LogP contribution in [-0.2, 0) is 6.54 Å². The fraction of sp³-hybridized carbons (Fsp3) is 0.0588. The summed E-state index contributed by atoms with van der Waals surface area (Å²) in [6.07, 6.45) is 3.58. The molecule has 0 aliphatic carbocycles. The third-order valence-electron chi connectivity index (χ3n) is 3.34. The fourth-order valence-corrected chi connectivity index (χ4v) is 2.65. The summed E-state index contributed by atoms with van der Waals surface area (Å²) in [7, 11) is 0. The van der Waals surface area contributed by atoms with Gasteiger partial charge in [-0.25, -0.2) is 4.39 Å². The second-order valence-electron chi connectivity index (χ2n) is 5.13. The lowest BCUT2D eigenvalue weighted by Crippen LogP contribution is -2.13. The Labute approximate surface area is 151 Å². The Balaban J connectivity index is 1.69. The first-order valence-corrected chi connectivity index (χ1v) is 8.21. The summed E-state index contributed by atoms with van der Waals surface area (Å²) in [5.41, 5.74) is 1.53. The summed E-state index contributed by atoms with van der Waals surface area (Å²) in [6.45, 7) is 0.597. The predicted octanol–water partition coefficient (Wildman–Crippen LogP) is 4.74. The van der Waals surface area contributed by atoms with Crippen LogP contribution in [0.25, 0.3) is 0 Å². The van der Waals surface area contributed by atoms with Gasteiger partial charge in [0, 0.05) is 16.8 Å². The van der Waals surface area contributed by atoms with Crippen LogP contribution in [0.4, 0.5) is 10.1 Å². The molecule has 0 saturated carbocycles. The van der Waals surface area contributed by atoms with E-state index < -0.39 is 5.82 Å².